The molecule has 2 N–H and O–H groups in total. The Morgan fingerprint density at radius 2 is 2.07 bits per heavy atom. The number of aromatic nitrogens is 4. The molecule has 2 aliphatic rings. The largest absolute Gasteiger partial charge is 0.475 e. The molecule has 2 aromatic heterocycles. The van der Waals surface area contributed by atoms with Crippen LogP contribution in [-0.4, -0.2) is 45.6 Å². The molecule has 8 heteroatoms. The Labute approximate surface area is 159 Å². The number of rotatable bonds is 2. The van der Waals surface area contributed by atoms with E-state index in [1.165, 1.54) is 0 Å². The van der Waals surface area contributed by atoms with Gasteiger partial charge in [0.05, 0.1) is 18.3 Å². The van der Waals surface area contributed by atoms with Gasteiger partial charge in [-0.3, -0.25) is 4.68 Å². The fourth-order valence-corrected chi connectivity index (χ4v) is 3.49. The second-order valence-corrected chi connectivity index (χ2v) is 7.06. The number of nitrogens with one attached hydrogen (secondary N) is 2. The summed E-state index contributed by atoms with van der Waals surface area (Å²) in [5, 5.41) is 11.5. The second-order valence-electron chi connectivity index (χ2n) is 7.06. The Kier molecular flexibility index (Phi) is 4.98. The fraction of sp³-hybridized carbons (Fsp3) is 0.526. The molecule has 0 spiro atoms. The quantitative estimate of drug-likeness (QED) is 0.839. The SMILES string of the molecule is C=Cc1cnc2nc1N[C@H](C)CCOc1nn(C3CCOCC3)c(C)c1N2. The van der Waals surface area contributed by atoms with E-state index in [0.717, 1.165) is 55.2 Å². The van der Waals surface area contributed by atoms with Crippen molar-refractivity contribution in [3.05, 3.63) is 24.0 Å². The fourth-order valence-electron chi connectivity index (χ4n) is 3.49. The lowest BCUT2D eigenvalue weighted by Crippen LogP contribution is -2.22. The highest BCUT2D eigenvalue weighted by molar-refractivity contribution is 5.67. The predicted molar refractivity (Wildman–Crippen MR) is 105 cm³/mol. The summed E-state index contributed by atoms with van der Waals surface area (Å²) >= 11 is 0. The van der Waals surface area contributed by atoms with E-state index in [9.17, 15) is 0 Å². The summed E-state index contributed by atoms with van der Waals surface area (Å²) in [6.45, 7) is 10.1. The van der Waals surface area contributed by atoms with Crippen LogP contribution in [0.2, 0.25) is 0 Å². The van der Waals surface area contributed by atoms with Crippen LogP contribution in [0.25, 0.3) is 6.08 Å². The molecule has 1 fully saturated rings. The van der Waals surface area contributed by atoms with Gasteiger partial charge in [0.2, 0.25) is 5.95 Å². The van der Waals surface area contributed by atoms with Crippen molar-refractivity contribution in [2.75, 3.05) is 30.5 Å². The van der Waals surface area contributed by atoms with Crippen molar-refractivity contribution in [3.63, 3.8) is 0 Å². The van der Waals surface area contributed by atoms with Gasteiger partial charge in [-0.05, 0) is 26.7 Å². The lowest BCUT2D eigenvalue weighted by atomic mass is 10.1. The van der Waals surface area contributed by atoms with Gasteiger partial charge in [0, 0.05) is 37.4 Å². The summed E-state index contributed by atoms with van der Waals surface area (Å²) in [5.74, 6) is 1.88. The topological polar surface area (TPSA) is 86.1 Å². The third-order valence-corrected chi connectivity index (χ3v) is 5.10. The van der Waals surface area contributed by atoms with Crippen LogP contribution in [-0.2, 0) is 4.74 Å². The molecule has 2 aliphatic heterocycles. The van der Waals surface area contributed by atoms with Crippen LogP contribution < -0.4 is 15.4 Å². The number of anilines is 3. The summed E-state index contributed by atoms with van der Waals surface area (Å²) < 4.78 is 13.6. The minimum Gasteiger partial charge on any atom is -0.475 e. The Hall–Kier alpha value is -2.61. The molecule has 4 heterocycles. The van der Waals surface area contributed by atoms with Gasteiger partial charge in [0.25, 0.3) is 5.88 Å². The molecule has 8 nitrogen and oxygen atoms in total. The molecule has 27 heavy (non-hydrogen) atoms. The maximum Gasteiger partial charge on any atom is 0.257 e. The summed E-state index contributed by atoms with van der Waals surface area (Å²) in [6.07, 6.45) is 6.27. The van der Waals surface area contributed by atoms with Crippen molar-refractivity contribution in [1.29, 1.82) is 0 Å². The molecule has 0 amide bonds. The highest BCUT2D eigenvalue weighted by Crippen LogP contribution is 2.34. The molecule has 0 saturated carbocycles. The molecular formula is C19H26N6O2. The van der Waals surface area contributed by atoms with Gasteiger partial charge in [-0.15, -0.1) is 5.10 Å². The summed E-state index contributed by atoms with van der Waals surface area (Å²) in [5.41, 5.74) is 2.73. The lowest BCUT2D eigenvalue weighted by Gasteiger charge is -2.23. The number of ether oxygens (including phenoxy) is 2. The molecule has 1 saturated heterocycles. The monoisotopic (exact) mass is 370 g/mol. The molecule has 0 unspecified atom stereocenters. The number of hydrogen-bond acceptors (Lipinski definition) is 7. The molecule has 2 bridgehead atoms. The molecular weight excluding hydrogens is 344 g/mol. The Balaban J connectivity index is 1.72. The lowest BCUT2D eigenvalue weighted by molar-refractivity contribution is 0.0652. The van der Waals surface area contributed by atoms with Crippen molar-refractivity contribution in [1.82, 2.24) is 19.7 Å². The first-order chi connectivity index (χ1) is 13.2. The van der Waals surface area contributed by atoms with Crippen LogP contribution in [0, 0.1) is 6.92 Å². The van der Waals surface area contributed by atoms with Crippen molar-refractivity contribution < 1.29 is 9.47 Å². The minimum absolute atomic E-state index is 0.201. The summed E-state index contributed by atoms with van der Waals surface area (Å²) in [6, 6.07) is 0.524. The number of fused-ring (bicyclic) bond motifs is 3. The van der Waals surface area contributed by atoms with Gasteiger partial charge >= 0.3 is 0 Å². The van der Waals surface area contributed by atoms with Crippen molar-refractivity contribution >= 4 is 23.5 Å². The first-order valence-corrected chi connectivity index (χ1v) is 9.48. The second kappa shape index (κ2) is 7.56. The highest BCUT2D eigenvalue weighted by Gasteiger charge is 2.25. The zero-order valence-corrected chi connectivity index (χ0v) is 15.9. The standard InChI is InChI=1S/C19H26N6O2/c1-4-14-11-20-19-22-16-13(3)25(15-6-8-26-9-7-15)24-18(16)27-10-5-12(2)21-17(14)23-19/h4,11-12,15H,1,5-10H2,2-3H3,(H2,20,21,22,23)/t12-/m1/s1. The van der Waals surface area contributed by atoms with Crippen molar-refractivity contribution in [3.8, 4) is 5.88 Å². The van der Waals surface area contributed by atoms with Crippen LogP contribution in [0.1, 0.15) is 43.5 Å². The van der Waals surface area contributed by atoms with E-state index >= 15 is 0 Å². The summed E-state index contributed by atoms with van der Waals surface area (Å²) in [4.78, 5) is 9.07. The predicted octanol–water partition coefficient (Wildman–Crippen LogP) is 3.30. The van der Waals surface area contributed by atoms with Gasteiger partial charge in [0.15, 0.2) is 0 Å². The van der Waals surface area contributed by atoms with E-state index in [4.69, 9.17) is 14.6 Å². The zero-order valence-electron chi connectivity index (χ0n) is 15.9. The molecule has 144 valence electrons. The van der Waals surface area contributed by atoms with E-state index < -0.39 is 0 Å². The van der Waals surface area contributed by atoms with Gasteiger partial charge < -0.3 is 20.1 Å². The Morgan fingerprint density at radius 3 is 2.85 bits per heavy atom. The van der Waals surface area contributed by atoms with Crippen LogP contribution in [0.5, 0.6) is 5.88 Å². The van der Waals surface area contributed by atoms with E-state index in [0.29, 0.717) is 24.5 Å². The molecule has 0 aromatic carbocycles. The van der Waals surface area contributed by atoms with Crippen molar-refractivity contribution in [2.24, 2.45) is 0 Å². The average Bonchev–Trinajstić information content (AvgIpc) is 2.97. The zero-order chi connectivity index (χ0) is 18.8. The van der Waals surface area contributed by atoms with E-state index in [1.807, 2.05) is 0 Å². The smallest absolute Gasteiger partial charge is 0.257 e. The molecule has 1 atom stereocenters. The van der Waals surface area contributed by atoms with Gasteiger partial charge in [-0.25, -0.2) is 4.98 Å². The van der Waals surface area contributed by atoms with Gasteiger partial charge in [-0.2, -0.15) is 4.98 Å². The third kappa shape index (κ3) is 3.62. The maximum atomic E-state index is 6.04. The molecule has 0 aliphatic carbocycles. The molecule has 4 rings (SSSR count). The first kappa shape index (κ1) is 17.8. The van der Waals surface area contributed by atoms with Crippen LogP contribution in [0.4, 0.5) is 17.5 Å². The Morgan fingerprint density at radius 1 is 1.26 bits per heavy atom. The summed E-state index contributed by atoms with van der Waals surface area (Å²) in [7, 11) is 0. The number of nitrogens with zero attached hydrogens (tertiary/aromatic N) is 4. The van der Waals surface area contributed by atoms with E-state index in [1.54, 1.807) is 12.3 Å². The first-order valence-electron chi connectivity index (χ1n) is 9.48. The average molecular weight is 370 g/mol. The maximum absolute atomic E-state index is 6.04. The minimum atomic E-state index is 0.201. The Bertz CT molecular complexity index is 828. The van der Waals surface area contributed by atoms with E-state index in [-0.39, 0.29) is 6.04 Å². The van der Waals surface area contributed by atoms with Crippen LogP contribution in [0.3, 0.4) is 0 Å². The molecule has 2 aromatic rings. The van der Waals surface area contributed by atoms with Gasteiger partial charge in [0.1, 0.15) is 11.5 Å². The normalized spacial score (nSPS) is 20.4. The third-order valence-electron chi connectivity index (χ3n) is 5.10. The van der Waals surface area contributed by atoms with Crippen LogP contribution >= 0.6 is 0 Å². The number of hydrogen-bond donors (Lipinski definition) is 2. The molecule has 0 radical (unpaired) electrons. The van der Waals surface area contributed by atoms with Gasteiger partial charge in [-0.1, -0.05) is 12.7 Å². The highest BCUT2D eigenvalue weighted by atomic mass is 16.5. The van der Waals surface area contributed by atoms with Crippen LogP contribution in [0.15, 0.2) is 12.8 Å². The van der Waals surface area contributed by atoms with Crippen molar-refractivity contribution in [2.45, 2.75) is 45.2 Å². The van der Waals surface area contributed by atoms with E-state index in [2.05, 4.69) is 45.7 Å².